The van der Waals surface area contributed by atoms with Gasteiger partial charge in [0.1, 0.15) is 23.4 Å². The van der Waals surface area contributed by atoms with Crippen LogP contribution < -0.4 is 10.6 Å². The number of hydrogen-bond acceptors (Lipinski definition) is 7. The van der Waals surface area contributed by atoms with Gasteiger partial charge in [0, 0.05) is 35.4 Å². The van der Waals surface area contributed by atoms with Crippen LogP contribution in [0.5, 0.6) is 0 Å². The van der Waals surface area contributed by atoms with E-state index in [1.165, 1.54) is 36.5 Å². The molecule has 6 rings (SSSR count). The van der Waals surface area contributed by atoms with Crippen molar-refractivity contribution in [3.63, 3.8) is 0 Å². The van der Waals surface area contributed by atoms with E-state index in [1.54, 1.807) is 40.0 Å². The maximum absolute atomic E-state index is 13.9. The third kappa shape index (κ3) is 6.87. The van der Waals surface area contributed by atoms with E-state index < -0.39 is 24.1 Å². The Balaban J connectivity index is 1.36. The minimum Gasteiger partial charge on any atom is -0.371 e. The third-order valence-corrected chi connectivity index (χ3v) is 8.41. The number of piperidine rings is 1. The second-order valence-electron chi connectivity index (χ2n) is 10.9. The van der Waals surface area contributed by atoms with Gasteiger partial charge in [0.25, 0.3) is 6.43 Å². The van der Waals surface area contributed by atoms with Gasteiger partial charge in [0.05, 0.1) is 52.3 Å². The van der Waals surface area contributed by atoms with Crippen LogP contribution in [0.15, 0.2) is 67.0 Å². The van der Waals surface area contributed by atoms with Crippen molar-refractivity contribution < 1.29 is 17.6 Å². The molecule has 0 unspecified atom stereocenters. The molecule has 0 spiro atoms. The van der Waals surface area contributed by atoms with E-state index in [0.717, 1.165) is 0 Å². The molecule has 0 aliphatic carbocycles. The van der Waals surface area contributed by atoms with E-state index in [4.69, 9.17) is 23.2 Å². The lowest BCUT2D eigenvalue weighted by Gasteiger charge is -2.31. The maximum atomic E-state index is 13.9. The second kappa shape index (κ2) is 13.5. The molecule has 2 aromatic heterocycles. The van der Waals surface area contributed by atoms with Crippen molar-refractivity contribution in [3.8, 4) is 6.07 Å². The number of hydrogen-bond donors (Lipinski definition) is 2. The Labute approximate surface area is 271 Å². The van der Waals surface area contributed by atoms with Crippen molar-refractivity contribution >= 4 is 51.2 Å². The largest absolute Gasteiger partial charge is 0.371 e. The Bertz CT molecular complexity index is 1900. The summed E-state index contributed by atoms with van der Waals surface area (Å²) in [5, 5.41) is 26.0. The molecule has 1 aliphatic rings. The fourth-order valence-corrected chi connectivity index (χ4v) is 6.02. The number of benzene rings is 3. The van der Waals surface area contributed by atoms with Crippen molar-refractivity contribution in [1.82, 2.24) is 24.9 Å². The molecule has 14 heteroatoms. The fraction of sp³-hybridized carbons (Fsp3) is 0.250. The number of fused-ring (bicyclic) bond motifs is 1. The van der Waals surface area contributed by atoms with E-state index in [9.17, 15) is 22.8 Å². The summed E-state index contributed by atoms with van der Waals surface area (Å²) in [5.74, 6) is -0.986. The summed E-state index contributed by atoms with van der Waals surface area (Å²) in [6, 6.07) is 14.9. The summed E-state index contributed by atoms with van der Waals surface area (Å²) in [7, 11) is 0. The van der Waals surface area contributed by atoms with Gasteiger partial charge in [-0.3, -0.25) is 9.88 Å². The zero-order chi connectivity index (χ0) is 32.4. The minimum atomic E-state index is -2.38. The normalized spacial score (nSPS) is 14.8. The zero-order valence-electron chi connectivity index (χ0n) is 24.1. The van der Waals surface area contributed by atoms with E-state index >= 15 is 0 Å². The molecule has 0 bridgehead atoms. The number of nitriles is 1. The summed E-state index contributed by atoms with van der Waals surface area (Å²) in [5.41, 5.74) is 3.23. The number of rotatable bonds is 9. The Morgan fingerprint density at radius 2 is 1.78 bits per heavy atom. The lowest BCUT2D eigenvalue weighted by Crippen LogP contribution is -2.37. The van der Waals surface area contributed by atoms with Crippen molar-refractivity contribution in [2.75, 3.05) is 30.3 Å². The second-order valence-corrected chi connectivity index (χ2v) is 11.8. The monoisotopic (exact) mass is 668 g/mol. The lowest BCUT2D eigenvalue weighted by molar-refractivity contribution is 0.0688. The van der Waals surface area contributed by atoms with Gasteiger partial charge in [-0.1, -0.05) is 40.5 Å². The average Bonchev–Trinajstić information content (AvgIpc) is 3.52. The Hall–Kier alpha value is -4.44. The molecule has 1 aliphatic heterocycles. The number of anilines is 3. The van der Waals surface area contributed by atoms with Crippen LogP contribution in [0.1, 0.15) is 41.7 Å². The molecule has 8 nitrogen and oxygen atoms in total. The fourth-order valence-electron chi connectivity index (χ4n) is 5.62. The van der Waals surface area contributed by atoms with Gasteiger partial charge in [0.2, 0.25) is 0 Å². The standard InChI is InChI=1S/C32H26Cl2F4N8/c33-20-11-24-30(41-22-5-6-26(36)25(34)13-22)19(14-39)15-40-32(24)27(12-20)42-31(18-1-3-21(35)4-2-18)28-16-46(44-43-28)23-7-9-45(10-8-23)17-29(37)38/h1-6,11-13,15-16,23,29,31,42H,7-10,17H2,(H,40,41)/t31-/m0/s1. The van der Waals surface area contributed by atoms with E-state index in [1.807, 2.05) is 0 Å². The third-order valence-electron chi connectivity index (χ3n) is 7.90. The molecule has 0 amide bonds. The van der Waals surface area contributed by atoms with Crippen LogP contribution in [0.2, 0.25) is 10.0 Å². The van der Waals surface area contributed by atoms with E-state index in [-0.39, 0.29) is 23.2 Å². The molecule has 5 aromatic rings. The molecule has 1 fully saturated rings. The number of aromatic nitrogens is 4. The summed E-state index contributed by atoms with van der Waals surface area (Å²) < 4.78 is 55.2. The Morgan fingerprint density at radius 3 is 2.48 bits per heavy atom. The van der Waals surface area contributed by atoms with Crippen LogP contribution in [-0.2, 0) is 0 Å². The van der Waals surface area contributed by atoms with Crippen LogP contribution in [0.4, 0.5) is 34.6 Å². The molecular formula is C32H26Cl2F4N8. The molecule has 1 atom stereocenters. The van der Waals surface area contributed by atoms with E-state index in [2.05, 4.69) is 32.0 Å². The Morgan fingerprint density at radius 1 is 1.02 bits per heavy atom. The average molecular weight is 670 g/mol. The summed E-state index contributed by atoms with van der Waals surface area (Å²) in [6.45, 7) is 0.794. The first-order valence-corrected chi connectivity index (χ1v) is 15.1. The first-order chi connectivity index (χ1) is 22.2. The van der Waals surface area contributed by atoms with Gasteiger partial charge in [-0.25, -0.2) is 22.2 Å². The van der Waals surface area contributed by atoms with Gasteiger partial charge < -0.3 is 10.6 Å². The highest BCUT2D eigenvalue weighted by atomic mass is 35.5. The topological polar surface area (TPSA) is 94.7 Å². The number of nitrogens with zero attached hydrogens (tertiary/aromatic N) is 6. The maximum Gasteiger partial charge on any atom is 0.251 e. The van der Waals surface area contributed by atoms with Gasteiger partial charge in [-0.2, -0.15) is 5.26 Å². The number of alkyl halides is 2. The van der Waals surface area contributed by atoms with Gasteiger partial charge in [-0.05, 0) is 60.9 Å². The molecule has 46 heavy (non-hydrogen) atoms. The predicted molar refractivity (Wildman–Crippen MR) is 169 cm³/mol. The minimum absolute atomic E-state index is 0.0179. The van der Waals surface area contributed by atoms with Crippen LogP contribution in [0.3, 0.4) is 0 Å². The Kier molecular flexibility index (Phi) is 9.26. The highest BCUT2D eigenvalue weighted by Crippen LogP contribution is 2.38. The molecule has 236 valence electrons. The zero-order valence-corrected chi connectivity index (χ0v) is 25.6. The van der Waals surface area contributed by atoms with Crippen LogP contribution >= 0.6 is 23.2 Å². The molecule has 3 heterocycles. The van der Waals surface area contributed by atoms with Crippen LogP contribution in [-0.4, -0.2) is 50.9 Å². The summed E-state index contributed by atoms with van der Waals surface area (Å²) >= 11 is 12.6. The van der Waals surface area contributed by atoms with Crippen molar-refractivity contribution in [2.24, 2.45) is 0 Å². The van der Waals surface area contributed by atoms with Gasteiger partial charge >= 0.3 is 0 Å². The number of nitrogens with one attached hydrogen (secondary N) is 2. The first-order valence-electron chi connectivity index (χ1n) is 14.4. The smallest absolute Gasteiger partial charge is 0.251 e. The highest BCUT2D eigenvalue weighted by Gasteiger charge is 2.26. The van der Waals surface area contributed by atoms with E-state index in [0.29, 0.717) is 70.2 Å². The number of pyridine rings is 1. The van der Waals surface area contributed by atoms with Gasteiger partial charge in [-0.15, -0.1) is 5.10 Å². The van der Waals surface area contributed by atoms with Crippen LogP contribution in [0, 0.1) is 23.0 Å². The summed E-state index contributed by atoms with van der Waals surface area (Å²) in [6.07, 6.45) is 2.12. The molecule has 1 saturated heterocycles. The van der Waals surface area contributed by atoms with Crippen molar-refractivity contribution in [3.05, 3.63) is 105 Å². The first kappa shape index (κ1) is 31.5. The number of halogens is 6. The summed E-state index contributed by atoms with van der Waals surface area (Å²) in [4.78, 5) is 6.30. The SMILES string of the molecule is N#Cc1cnc2c(N[C@@H](c3ccc(F)cc3)c3cn(C4CCN(CC(F)F)CC4)nn3)cc(Cl)cc2c1Nc1ccc(F)c(Cl)c1. The van der Waals surface area contributed by atoms with Crippen molar-refractivity contribution in [1.29, 1.82) is 5.26 Å². The number of likely N-dealkylation sites (tertiary alicyclic amines) is 1. The lowest BCUT2D eigenvalue weighted by atomic mass is 10.0. The molecule has 3 aromatic carbocycles. The molecule has 0 radical (unpaired) electrons. The predicted octanol–water partition coefficient (Wildman–Crippen LogP) is 8.13. The van der Waals surface area contributed by atoms with Gasteiger partial charge in [0.15, 0.2) is 0 Å². The van der Waals surface area contributed by atoms with Crippen molar-refractivity contribution in [2.45, 2.75) is 31.4 Å². The molecule has 0 saturated carbocycles. The highest BCUT2D eigenvalue weighted by molar-refractivity contribution is 6.32. The molecule has 2 N–H and O–H groups in total. The molecular weight excluding hydrogens is 643 g/mol. The quantitative estimate of drug-likeness (QED) is 0.153. The van der Waals surface area contributed by atoms with Crippen LogP contribution in [0.25, 0.3) is 10.9 Å².